The van der Waals surface area contributed by atoms with Gasteiger partial charge < -0.3 is 9.32 Å². The van der Waals surface area contributed by atoms with Gasteiger partial charge in [0.25, 0.3) is 0 Å². The zero-order chi connectivity index (χ0) is 16.9. The second-order valence-corrected chi connectivity index (χ2v) is 7.69. The van der Waals surface area contributed by atoms with E-state index in [4.69, 9.17) is 9.68 Å². The van der Waals surface area contributed by atoms with Crippen molar-refractivity contribution in [3.8, 4) is 6.07 Å². The van der Waals surface area contributed by atoms with Gasteiger partial charge in [-0.05, 0) is 25.0 Å². The summed E-state index contributed by atoms with van der Waals surface area (Å²) in [4.78, 5) is 14.3. The molecule has 1 fully saturated rings. The average molecular weight is 339 g/mol. The minimum atomic E-state index is -3.29. The quantitative estimate of drug-likeness (QED) is 0.776. The molecule has 1 aromatic heterocycles. The Morgan fingerprint density at radius 2 is 2.35 bits per heavy atom. The molecule has 1 atom stereocenters. The lowest BCUT2D eigenvalue weighted by Gasteiger charge is -2.33. The summed E-state index contributed by atoms with van der Waals surface area (Å²) in [5, 5.41) is 8.78. The Kier molecular flexibility index (Phi) is 5.80. The third-order valence-corrected chi connectivity index (χ3v) is 5.20. The molecule has 8 heteroatoms. The van der Waals surface area contributed by atoms with Crippen LogP contribution in [-0.4, -0.2) is 49.4 Å². The van der Waals surface area contributed by atoms with E-state index in [-0.39, 0.29) is 24.8 Å². The number of carbonyl (C=O) groups excluding carboxylic acids is 1. The lowest BCUT2D eigenvalue weighted by atomic mass is 9.98. The lowest BCUT2D eigenvalue weighted by Crippen LogP contribution is -2.46. The summed E-state index contributed by atoms with van der Waals surface area (Å²) >= 11 is 0. The van der Waals surface area contributed by atoms with E-state index in [1.165, 1.54) is 10.6 Å². The first-order chi connectivity index (χ1) is 10.9. The Hall–Kier alpha value is -1.85. The van der Waals surface area contributed by atoms with Gasteiger partial charge in [-0.15, -0.1) is 0 Å². The van der Waals surface area contributed by atoms with Crippen LogP contribution in [0.25, 0.3) is 0 Å². The summed E-state index contributed by atoms with van der Waals surface area (Å²) in [6.07, 6.45) is 4.25. The van der Waals surface area contributed by atoms with Crippen LogP contribution in [0.15, 0.2) is 22.8 Å². The molecule has 1 aliphatic rings. The van der Waals surface area contributed by atoms with E-state index in [0.29, 0.717) is 38.2 Å². The summed E-state index contributed by atoms with van der Waals surface area (Å²) in [6.45, 7) is 1.27. The number of carbonyl (C=O) groups is 1. The van der Waals surface area contributed by atoms with E-state index < -0.39 is 10.0 Å². The predicted octanol–water partition coefficient (Wildman–Crippen LogP) is 1.19. The highest BCUT2D eigenvalue weighted by Gasteiger charge is 2.32. The van der Waals surface area contributed by atoms with E-state index in [9.17, 15) is 13.2 Å². The zero-order valence-electron chi connectivity index (χ0n) is 13.1. The van der Waals surface area contributed by atoms with Crippen molar-refractivity contribution in [2.45, 2.75) is 25.8 Å². The fourth-order valence-corrected chi connectivity index (χ4v) is 3.66. The normalized spacial score (nSPS) is 19.2. The first-order valence-corrected chi connectivity index (χ1v) is 9.40. The van der Waals surface area contributed by atoms with E-state index in [1.807, 2.05) is 6.07 Å². The van der Waals surface area contributed by atoms with Crippen molar-refractivity contribution in [1.82, 2.24) is 9.21 Å². The molecule has 0 unspecified atom stereocenters. The monoisotopic (exact) mass is 339 g/mol. The first-order valence-electron chi connectivity index (χ1n) is 7.55. The van der Waals surface area contributed by atoms with Crippen LogP contribution in [0.2, 0.25) is 0 Å². The van der Waals surface area contributed by atoms with Crippen molar-refractivity contribution < 1.29 is 17.6 Å². The van der Waals surface area contributed by atoms with Crippen LogP contribution in [0.1, 0.15) is 25.0 Å². The molecule has 126 valence electrons. The number of hydrogen-bond donors (Lipinski definition) is 0. The molecule has 1 amide bonds. The van der Waals surface area contributed by atoms with Gasteiger partial charge >= 0.3 is 0 Å². The number of amides is 1. The van der Waals surface area contributed by atoms with Gasteiger partial charge in [0.05, 0.1) is 37.5 Å². The summed E-state index contributed by atoms with van der Waals surface area (Å²) in [6, 6.07) is 5.56. The Morgan fingerprint density at radius 1 is 1.57 bits per heavy atom. The standard InChI is InChI=1S/C15H21N3O4S/c1-23(20,21)18-9-2-5-13(11-18)15(19)17(8-4-7-16)12-14-6-3-10-22-14/h3,6,10,13H,2,4-5,8-9,11-12H2,1H3/t13-/m0/s1. The highest BCUT2D eigenvalue weighted by atomic mass is 32.2. The molecule has 0 saturated carbocycles. The predicted molar refractivity (Wildman–Crippen MR) is 83.5 cm³/mol. The number of nitrogens with zero attached hydrogens (tertiary/aromatic N) is 3. The molecule has 1 saturated heterocycles. The Morgan fingerprint density at radius 3 is 2.96 bits per heavy atom. The molecule has 2 heterocycles. The largest absolute Gasteiger partial charge is 0.467 e. The van der Waals surface area contributed by atoms with Crippen LogP contribution in [0.5, 0.6) is 0 Å². The van der Waals surface area contributed by atoms with Crippen molar-refractivity contribution in [3.63, 3.8) is 0 Å². The maximum Gasteiger partial charge on any atom is 0.227 e. The van der Waals surface area contributed by atoms with E-state index in [0.717, 1.165) is 6.26 Å². The Labute approximate surface area is 136 Å². The van der Waals surface area contributed by atoms with E-state index in [1.54, 1.807) is 17.0 Å². The maximum absolute atomic E-state index is 12.8. The second-order valence-electron chi connectivity index (χ2n) is 5.71. The SMILES string of the molecule is CS(=O)(=O)N1CCC[C@H](C(=O)N(CCC#N)Cc2ccco2)C1. The van der Waals surface area contributed by atoms with Gasteiger partial charge in [0.1, 0.15) is 5.76 Å². The van der Waals surface area contributed by atoms with Gasteiger partial charge in [0.15, 0.2) is 0 Å². The number of rotatable bonds is 6. The molecule has 23 heavy (non-hydrogen) atoms. The lowest BCUT2D eigenvalue weighted by molar-refractivity contribution is -0.137. The molecular weight excluding hydrogens is 318 g/mol. The number of hydrogen-bond acceptors (Lipinski definition) is 5. The number of furan rings is 1. The molecule has 0 radical (unpaired) electrons. The van der Waals surface area contributed by atoms with Gasteiger partial charge in [-0.2, -0.15) is 5.26 Å². The molecule has 0 spiro atoms. The third kappa shape index (κ3) is 4.81. The molecule has 2 rings (SSSR count). The van der Waals surface area contributed by atoms with Crippen LogP contribution >= 0.6 is 0 Å². The van der Waals surface area contributed by atoms with Gasteiger partial charge in [0.2, 0.25) is 15.9 Å². The fraction of sp³-hybridized carbons (Fsp3) is 0.600. The zero-order valence-corrected chi connectivity index (χ0v) is 14.0. The van der Waals surface area contributed by atoms with Crippen LogP contribution in [-0.2, 0) is 21.4 Å². The number of sulfonamides is 1. The van der Waals surface area contributed by atoms with Gasteiger partial charge in [-0.3, -0.25) is 4.79 Å². The third-order valence-electron chi connectivity index (χ3n) is 3.93. The maximum atomic E-state index is 12.8. The summed E-state index contributed by atoms with van der Waals surface area (Å²) in [5.41, 5.74) is 0. The van der Waals surface area contributed by atoms with Crippen molar-refractivity contribution in [2.75, 3.05) is 25.9 Å². The highest BCUT2D eigenvalue weighted by molar-refractivity contribution is 7.88. The molecule has 0 bridgehead atoms. The molecule has 1 aliphatic heterocycles. The summed E-state index contributed by atoms with van der Waals surface area (Å²) < 4.78 is 30.0. The van der Waals surface area contributed by atoms with Crippen LogP contribution in [0, 0.1) is 17.2 Å². The summed E-state index contributed by atoms with van der Waals surface area (Å²) in [5.74, 6) is 0.157. The van der Waals surface area contributed by atoms with Gasteiger partial charge in [0, 0.05) is 19.6 Å². The van der Waals surface area contributed by atoms with Crippen molar-refractivity contribution in [1.29, 1.82) is 5.26 Å². The van der Waals surface area contributed by atoms with Crippen molar-refractivity contribution in [3.05, 3.63) is 24.2 Å². The molecule has 7 nitrogen and oxygen atoms in total. The van der Waals surface area contributed by atoms with Crippen LogP contribution in [0.4, 0.5) is 0 Å². The molecular formula is C15H21N3O4S. The topological polar surface area (TPSA) is 94.6 Å². The smallest absolute Gasteiger partial charge is 0.227 e. The van der Waals surface area contributed by atoms with Crippen molar-refractivity contribution in [2.24, 2.45) is 5.92 Å². The minimum absolute atomic E-state index is 0.120. The number of nitriles is 1. The molecule has 0 aromatic carbocycles. The molecule has 0 aliphatic carbocycles. The number of piperidine rings is 1. The van der Waals surface area contributed by atoms with Gasteiger partial charge in [-0.1, -0.05) is 0 Å². The molecule has 1 aromatic rings. The minimum Gasteiger partial charge on any atom is -0.467 e. The first kappa shape index (κ1) is 17.5. The second kappa shape index (κ2) is 7.62. The highest BCUT2D eigenvalue weighted by Crippen LogP contribution is 2.22. The van der Waals surface area contributed by atoms with Gasteiger partial charge in [-0.25, -0.2) is 12.7 Å². The van der Waals surface area contributed by atoms with E-state index >= 15 is 0 Å². The van der Waals surface area contributed by atoms with E-state index in [2.05, 4.69) is 0 Å². The summed E-state index contributed by atoms with van der Waals surface area (Å²) in [7, 11) is -3.29. The Balaban J connectivity index is 2.08. The Bertz CT molecular complexity index is 663. The molecule has 0 N–H and O–H groups in total. The van der Waals surface area contributed by atoms with Crippen molar-refractivity contribution >= 4 is 15.9 Å². The van der Waals surface area contributed by atoms with Crippen LogP contribution in [0.3, 0.4) is 0 Å². The fourth-order valence-electron chi connectivity index (χ4n) is 2.75. The van der Waals surface area contributed by atoms with Crippen LogP contribution < -0.4 is 0 Å². The average Bonchev–Trinajstić information content (AvgIpc) is 3.03.